The number of aliphatic hydroxyl groups excluding tert-OH is 2. The van der Waals surface area contributed by atoms with Crippen molar-refractivity contribution >= 4 is 47.3 Å². The summed E-state index contributed by atoms with van der Waals surface area (Å²) in [6, 6.07) is -9.25. The van der Waals surface area contributed by atoms with E-state index in [2.05, 4.69) is 31.9 Å². The van der Waals surface area contributed by atoms with Gasteiger partial charge in [0.15, 0.2) is 0 Å². The number of nitrogens with two attached hydrogens (primary N) is 2. The minimum atomic E-state index is -1.65. The van der Waals surface area contributed by atoms with Gasteiger partial charge in [0.25, 0.3) is 0 Å². The van der Waals surface area contributed by atoms with Crippen molar-refractivity contribution in [2.75, 3.05) is 13.2 Å². The van der Waals surface area contributed by atoms with E-state index in [1.54, 1.807) is 41.5 Å². The average Bonchev–Trinajstić information content (AvgIpc) is 3.04. The standard InChI is InChI=1S/C32H58N8O11/c1-8-17(6)25(31(49)35-18(7)32(50)51)40-28(46)21(12-16(4)5)37-29(47)22(13-41)39-30(48)23(14-42)38-27(45)20(11-15(2)3)36-26(44)19(33)9-10-24(34)43/h15-23,25,41-42H,8-14,33H2,1-7H3,(H2,34,43)(H,35,49)(H,36,44)(H,37,47)(H,38,45)(H,39,48)(H,40,46)(H,50,51)/t17-,18-,19-,20-,21-,22-,23-,25-/m0/s1. The predicted octanol–water partition coefficient (Wildman–Crippen LogP) is -3.28. The molecule has 0 saturated heterocycles. The summed E-state index contributed by atoms with van der Waals surface area (Å²) in [6.45, 7) is 9.91. The van der Waals surface area contributed by atoms with Gasteiger partial charge >= 0.3 is 5.97 Å². The van der Waals surface area contributed by atoms with E-state index in [4.69, 9.17) is 11.5 Å². The number of carbonyl (C=O) groups excluding carboxylic acids is 7. The lowest BCUT2D eigenvalue weighted by Crippen LogP contribution is -2.61. The maximum Gasteiger partial charge on any atom is 0.325 e. The second-order valence-corrected chi connectivity index (χ2v) is 13.4. The molecule has 0 fully saturated rings. The van der Waals surface area contributed by atoms with Gasteiger partial charge in [0.05, 0.1) is 19.3 Å². The molecule has 0 radical (unpaired) electrons. The van der Waals surface area contributed by atoms with Crippen molar-refractivity contribution in [3.63, 3.8) is 0 Å². The van der Waals surface area contributed by atoms with Gasteiger partial charge in [-0.25, -0.2) is 0 Å². The fraction of sp³-hybridized carbons (Fsp3) is 0.750. The first-order chi connectivity index (χ1) is 23.7. The van der Waals surface area contributed by atoms with E-state index in [0.717, 1.165) is 0 Å². The summed E-state index contributed by atoms with van der Waals surface area (Å²) in [5.41, 5.74) is 10.9. The molecule has 0 bridgehead atoms. The number of amides is 7. The van der Waals surface area contributed by atoms with E-state index >= 15 is 0 Å². The largest absolute Gasteiger partial charge is 0.480 e. The Morgan fingerprint density at radius 2 is 0.980 bits per heavy atom. The number of carboxylic acids is 1. The number of primary amides is 1. The Morgan fingerprint density at radius 1 is 0.588 bits per heavy atom. The molecule has 8 atom stereocenters. The van der Waals surface area contributed by atoms with Crippen molar-refractivity contribution < 1.29 is 53.7 Å². The summed E-state index contributed by atoms with van der Waals surface area (Å²) < 4.78 is 0. The van der Waals surface area contributed by atoms with Crippen molar-refractivity contribution in [1.82, 2.24) is 31.9 Å². The molecule has 0 aliphatic heterocycles. The Hall–Kier alpha value is -4.36. The second-order valence-electron chi connectivity index (χ2n) is 13.4. The van der Waals surface area contributed by atoms with Crippen LogP contribution < -0.4 is 43.4 Å². The van der Waals surface area contributed by atoms with Crippen LogP contribution in [0.3, 0.4) is 0 Å². The molecule has 19 nitrogen and oxygen atoms in total. The van der Waals surface area contributed by atoms with Crippen LogP contribution in [0.15, 0.2) is 0 Å². The predicted molar refractivity (Wildman–Crippen MR) is 184 cm³/mol. The third-order valence-electron chi connectivity index (χ3n) is 7.87. The van der Waals surface area contributed by atoms with E-state index in [1.165, 1.54) is 6.92 Å². The fourth-order valence-electron chi connectivity index (χ4n) is 4.64. The van der Waals surface area contributed by atoms with Crippen molar-refractivity contribution in [2.45, 2.75) is 123 Å². The van der Waals surface area contributed by atoms with E-state index in [-0.39, 0.29) is 37.5 Å². The summed E-state index contributed by atoms with van der Waals surface area (Å²) in [7, 11) is 0. The SMILES string of the molecule is CC[C@H](C)[C@H](NC(=O)[C@H](CC(C)C)NC(=O)[C@H](CO)NC(=O)[C@H](CO)NC(=O)[C@H](CC(C)C)NC(=O)[C@@H](N)CCC(N)=O)C(=O)N[C@@H](C)C(=O)O. The number of aliphatic carboxylic acids is 1. The van der Waals surface area contributed by atoms with Crippen molar-refractivity contribution in [3.8, 4) is 0 Å². The zero-order chi connectivity index (χ0) is 39.6. The van der Waals surface area contributed by atoms with Crippen molar-refractivity contribution in [2.24, 2.45) is 29.2 Å². The van der Waals surface area contributed by atoms with Gasteiger partial charge in [-0.3, -0.25) is 38.4 Å². The van der Waals surface area contributed by atoms with Crippen LogP contribution in [0.4, 0.5) is 0 Å². The summed E-state index contributed by atoms with van der Waals surface area (Å²) >= 11 is 0. The van der Waals surface area contributed by atoms with E-state index in [1.807, 2.05) is 0 Å². The quantitative estimate of drug-likeness (QED) is 0.0466. The summed E-state index contributed by atoms with van der Waals surface area (Å²) in [5, 5.41) is 43.4. The van der Waals surface area contributed by atoms with Crippen LogP contribution in [0.2, 0.25) is 0 Å². The Kier molecular flexibility index (Phi) is 21.2. The first kappa shape index (κ1) is 46.6. The number of carboxylic acid groups (broad SMARTS) is 1. The van der Waals surface area contributed by atoms with Crippen LogP contribution >= 0.6 is 0 Å². The molecule has 0 aromatic heterocycles. The molecule has 0 unspecified atom stereocenters. The molecular formula is C32H58N8O11. The number of rotatable bonds is 24. The fourth-order valence-corrected chi connectivity index (χ4v) is 4.64. The lowest BCUT2D eigenvalue weighted by atomic mass is 9.96. The molecule has 7 amide bonds. The normalized spacial score (nSPS) is 15.9. The Bertz CT molecular complexity index is 1220. The van der Waals surface area contributed by atoms with Crippen LogP contribution in [-0.4, -0.2) is 118 Å². The average molecular weight is 731 g/mol. The smallest absolute Gasteiger partial charge is 0.325 e. The van der Waals surface area contributed by atoms with Crippen LogP contribution in [-0.2, 0) is 38.4 Å². The molecular weight excluding hydrogens is 672 g/mol. The van der Waals surface area contributed by atoms with Crippen LogP contribution in [0.5, 0.6) is 0 Å². The lowest BCUT2D eigenvalue weighted by Gasteiger charge is -2.29. The monoisotopic (exact) mass is 730 g/mol. The molecule has 19 heteroatoms. The van der Waals surface area contributed by atoms with E-state index < -0.39 is 109 Å². The van der Waals surface area contributed by atoms with Gasteiger partial charge in [0.2, 0.25) is 41.4 Å². The molecule has 0 spiro atoms. The van der Waals surface area contributed by atoms with Gasteiger partial charge in [-0.1, -0.05) is 48.0 Å². The zero-order valence-electron chi connectivity index (χ0n) is 30.5. The maximum atomic E-state index is 13.4. The molecule has 0 saturated carbocycles. The molecule has 0 aliphatic rings. The Labute approximate surface area is 298 Å². The van der Waals surface area contributed by atoms with Crippen LogP contribution in [0, 0.1) is 17.8 Å². The van der Waals surface area contributed by atoms with Gasteiger partial charge < -0.3 is 58.7 Å². The maximum absolute atomic E-state index is 13.4. The minimum Gasteiger partial charge on any atom is -0.480 e. The molecule has 0 rings (SSSR count). The molecule has 51 heavy (non-hydrogen) atoms. The summed E-state index contributed by atoms with van der Waals surface area (Å²) in [4.78, 5) is 101. The Balaban J connectivity index is 5.83. The third kappa shape index (κ3) is 17.4. The zero-order valence-corrected chi connectivity index (χ0v) is 30.5. The third-order valence-corrected chi connectivity index (χ3v) is 7.87. The molecule has 13 N–H and O–H groups in total. The highest BCUT2D eigenvalue weighted by atomic mass is 16.4. The van der Waals surface area contributed by atoms with Gasteiger partial charge in [-0.2, -0.15) is 0 Å². The molecule has 0 aromatic rings. The van der Waals surface area contributed by atoms with Gasteiger partial charge in [-0.05, 0) is 43.9 Å². The Morgan fingerprint density at radius 3 is 1.35 bits per heavy atom. The minimum absolute atomic E-state index is 0.0665. The van der Waals surface area contributed by atoms with Crippen LogP contribution in [0.25, 0.3) is 0 Å². The van der Waals surface area contributed by atoms with E-state index in [0.29, 0.717) is 6.42 Å². The second kappa shape index (κ2) is 23.2. The number of carbonyl (C=O) groups is 8. The van der Waals surface area contributed by atoms with E-state index in [9.17, 15) is 53.7 Å². The first-order valence-corrected chi connectivity index (χ1v) is 17.0. The molecule has 0 heterocycles. The summed E-state index contributed by atoms with van der Waals surface area (Å²) in [5.74, 6) is -7.80. The number of hydrogen-bond acceptors (Lipinski definition) is 11. The number of hydrogen-bond donors (Lipinski definition) is 11. The molecule has 0 aromatic carbocycles. The van der Waals surface area contributed by atoms with Gasteiger partial charge in [0, 0.05) is 6.42 Å². The lowest BCUT2D eigenvalue weighted by molar-refractivity contribution is -0.142. The topological polar surface area (TPSA) is 321 Å². The van der Waals surface area contributed by atoms with Crippen molar-refractivity contribution in [1.29, 1.82) is 0 Å². The highest BCUT2D eigenvalue weighted by molar-refractivity contribution is 5.97. The first-order valence-electron chi connectivity index (χ1n) is 17.0. The van der Waals surface area contributed by atoms with Gasteiger partial charge in [-0.15, -0.1) is 0 Å². The van der Waals surface area contributed by atoms with Crippen LogP contribution in [0.1, 0.15) is 80.6 Å². The highest BCUT2D eigenvalue weighted by Crippen LogP contribution is 2.12. The van der Waals surface area contributed by atoms with Gasteiger partial charge in [0.1, 0.15) is 36.3 Å². The molecule has 292 valence electrons. The number of aliphatic hydroxyl groups is 2. The summed E-state index contributed by atoms with van der Waals surface area (Å²) in [6.07, 6.45) is 0.405. The molecule has 0 aliphatic carbocycles. The number of nitrogens with one attached hydrogen (secondary N) is 6. The van der Waals surface area contributed by atoms with Crippen molar-refractivity contribution in [3.05, 3.63) is 0 Å². The highest BCUT2D eigenvalue weighted by Gasteiger charge is 2.34.